The van der Waals surface area contributed by atoms with Crippen molar-refractivity contribution in [2.24, 2.45) is 5.41 Å². The fourth-order valence-corrected chi connectivity index (χ4v) is 5.36. The van der Waals surface area contributed by atoms with E-state index < -0.39 is 5.41 Å². The molecule has 0 saturated heterocycles. The predicted octanol–water partition coefficient (Wildman–Crippen LogP) is 4.26. The minimum atomic E-state index is -1.16. The first-order chi connectivity index (χ1) is 19.0. The zero-order valence-corrected chi connectivity index (χ0v) is 23.9. The first-order valence-electron chi connectivity index (χ1n) is 13.5. The van der Waals surface area contributed by atoms with Crippen LogP contribution in [0.4, 0.5) is 11.4 Å². The maximum Gasteiger partial charge on any atom is 0.261 e. The van der Waals surface area contributed by atoms with Crippen molar-refractivity contribution in [1.29, 1.82) is 0 Å². The Balaban J connectivity index is 1.44. The van der Waals surface area contributed by atoms with Gasteiger partial charge in [0, 0.05) is 52.9 Å². The van der Waals surface area contributed by atoms with Gasteiger partial charge in [-0.25, -0.2) is 4.98 Å². The quantitative estimate of drug-likeness (QED) is 0.305. The summed E-state index contributed by atoms with van der Waals surface area (Å²) in [4.78, 5) is 49.5. The van der Waals surface area contributed by atoms with Crippen LogP contribution in [0.25, 0.3) is 11.0 Å². The van der Waals surface area contributed by atoms with Gasteiger partial charge in [0.15, 0.2) is 5.89 Å². The minimum absolute atomic E-state index is 0.0938. The molecule has 4 heterocycles. The molecule has 40 heavy (non-hydrogen) atoms. The summed E-state index contributed by atoms with van der Waals surface area (Å²) in [6.07, 6.45) is 3.40. The van der Waals surface area contributed by atoms with Crippen molar-refractivity contribution < 1.29 is 18.4 Å². The first-order valence-corrected chi connectivity index (χ1v) is 13.5. The van der Waals surface area contributed by atoms with Crippen LogP contribution in [0, 0.1) is 19.3 Å². The number of aryl methyl sites for hydroxylation is 2. The molecule has 0 radical (unpaired) electrons. The van der Waals surface area contributed by atoms with E-state index in [9.17, 15) is 14.4 Å². The number of aromatic nitrogens is 2. The number of nitrogens with zero attached hydrogens (tertiary/aromatic N) is 5. The summed E-state index contributed by atoms with van der Waals surface area (Å²) in [5.41, 5.74) is 2.49. The highest BCUT2D eigenvalue weighted by molar-refractivity contribution is 6.19. The predicted molar refractivity (Wildman–Crippen MR) is 152 cm³/mol. The maximum absolute atomic E-state index is 13.3. The van der Waals surface area contributed by atoms with Crippen molar-refractivity contribution in [3.63, 3.8) is 0 Å². The molecule has 1 aromatic carbocycles. The zero-order chi connectivity index (χ0) is 28.8. The standard InChI is InChI=1S/C30H35N5O5/c1-7-35-24-9-8-21(15-25(24)32(6)28(37)30(4,5)29(35)38)16-33(17-22-18-39-20(3)31-22)12-13-34-11-10-26-23(27(34)36)14-19(2)40-26/h8-11,14-15,18H,7,12-13,16-17H2,1-6H3. The lowest BCUT2D eigenvalue weighted by Crippen LogP contribution is -2.47. The highest BCUT2D eigenvalue weighted by Gasteiger charge is 2.45. The van der Waals surface area contributed by atoms with Crippen LogP contribution in [0.15, 0.2) is 56.4 Å². The number of oxazole rings is 1. The molecule has 10 nitrogen and oxygen atoms in total. The molecule has 3 aromatic heterocycles. The summed E-state index contributed by atoms with van der Waals surface area (Å²) in [6, 6.07) is 9.45. The van der Waals surface area contributed by atoms with Gasteiger partial charge in [-0.05, 0) is 57.5 Å². The van der Waals surface area contributed by atoms with Crippen LogP contribution >= 0.6 is 0 Å². The van der Waals surface area contributed by atoms with Gasteiger partial charge in [-0.1, -0.05) is 6.07 Å². The molecule has 1 aliphatic rings. The number of anilines is 2. The van der Waals surface area contributed by atoms with Gasteiger partial charge in [0.2, 0.25) is 11.8 Å². The lowest BCUT2D eigenvalue weighted by molar-refractivity contribution is -0.137. The van der Waals surface area contributed by atoms with E-state index in [0.29, 0.717) is 66.7 Å². The third-order valence-electron chi connectivity index (χ3n) is 7.52. The van der Waals surface area contributed by atoms with Crippen LogP contribution in [0.3, 0.4) is 0 Å². The number of rotatable bonds is 8. The van der Waals surface area contributed by atoms with E-state index >= 15 is 0 Å². The van der Waals surface area contributed by atoms with Crippen LogP contribution in [-0.4, -0.2) is 46.4 Å². The lowest BCUT2D eigenvalue weighted by Gasteiger charge is -2.27. The molecule has 0 spiro atoms. The van der Waals surface area contributed by atoms with Crippen molar-refractivity contribution in [1.82, 2.24) is 14.5 Å². The average Bonchev–Trinajstić information content (AvgIpc) is 3.51. The second kappa shape index (κ2) is 10.4. The number of hydrogen-bond acceptors (Lipinski definition) is 7. The number of benzene rings is 1. The van der Waals surface area contributed by atoms with Crippen LogP contribution < -0.4 is 15.4 Å². The van der Waals surface area contributed by atoms with Gasteiger partial charge in [-0.3, -0.25) is 19.3 Å². The highest BCUT2D eigenvalue weighted by atomic mass is 16.3. The molecule has 1 aliphatic heterocycles. The van der Waals surface area contributed by atoms with Crippen LogP contribution in [0.2, 0.25) is 0 Å². The summed E-state index contributed by atoms with van der Waals surface area (Å²) in [5, 5.41) is 0.565. The summed E-state index contributed by atoms with van der Waals surface area (Å²) >= 11 is 0. The van der Waals surface area contributed by atoms with Gasteiger partial charge < -0.3 is 23.2 Å². The molecule has 0 bridgehead atoms. The normalized spacial score (nSPS) is 15.3. The van der Waals surface area contributed by atoms with E-state index in [2.05, 4.69) is 9.88 Å². The molecule has 0 saturated carbocycles. The number of furan rings is 1. The largest absolute Gasteiger partial charge is 0.461 e. The molecule has 0 fully saturated rings. The topological polar surface area (TPSA) is 105 Å². The van der Waals surface area contributed by atoms with E-state index in [0.717, 1.165) is 11.3 Å². The van der Waals surface area contributed by atoms with E-state index in [1.54, 1.807) is 60.7 Å². The van der Waals surface area contributed by atoms with E-state index in [1.165, 1.54) is 0 Å². The first kappa shape index (κ1) is 27.4. The van der Waals surface area contributed by atoms with Crippen molar-refractivity contribution in [3.8, 4) is 0 Å². The fraction of sp³-hybridized carbons (Fsp3) is 0.400. The summed E-state index contributed by atoms with van der Waals surface area (Å²) in [6.45, 7) is 11.4. The molecular formula is C30H35N5O5. The minimum Gasteiger partial charge on any atom is -0.461 e. The highest BCUT2D eigenvalue weighted by Crippen LogP contribution is 2.39. The Morgan fingerprint density at radius 1 is 1.00 bits per heavy atom. The summed E-state index contributed by atoms with van der Waals surface area (Å²) in [5.74, 6) is 0.831. The smallest absolute Gasteiger partial charge is 0.261 e. The number of carbonyl (C=O) groups excluding carboxylic acids is 2. The average molecular weight is 546 g/mol. The molecule has 5 rings (SSSR count). The molecule has 4 aromatic rings. The van der Waals surface area contributed by atoms with Crippen LogP contribution in [-0.2, 0) is 29.2 Å². The van der Waals surface area contributed by atoms with Crippen LogP contribution in [0.1, 0.15) is 43.7 Å². The van der Waals surface area contributed by atoms with E-state index in [-0.39, 0.29) is 17.4 Å². The Kier molecular flexibility index (Phi) is 7.14. The van der Waals surface area contributed by atoms with Gasteiger partial charge in [-0.2, -0.15) is 0 Å². The summed E-state index contributed by atoms with van der Waals surface area (Å²) < 4.78 is 12.7. The molecule has 210 valence electrons. The van der Waals surface area contributed by atoms with Crippen molar-refractivity contribution in [3.05, 3.63) is 76.1 Å². The van der Waals surface area contributed by atoms with Gasteiger partial charge in [-0.15, -0.1) is 0 Å². The number of carbonyl (C=O) groups is 2. The monoisotopic (exact) mass is 545 g/mol. The Labute approximate surface area is 232 Å². The molecule has 0 unspecified atom stereocenters. The molecule has 0 N–H and O–H groups in total. The van der Waals surface area contributed by atoms with E-state index in [4.69, 9.17) is 8.83 Å². The second-order valence-corrected chi connectivity index (χ2v) is 10.9. The SMILES string of the molecule is CCN1C(=O)C(C)(C)C(=O)N(C)c2cc(CN(CCn3ccc4oc(C)cc4c3=O)Cc3coc(C)n3)ccc21. The van der Waals surface area contributed by atoms with Gasteiger partial charge >= 0.3 is 0 Å². The Bertz CT molecular complexity index is 1650. The number of fused-ring (bicyclic) bond motifs is 2. The molecule has 0 aliphatic carbocycles. The maximum atomic E-state index is 13.3. The van der Waals surface area contributed by atoms with Crippen LogP contribution in [0.5, 0.6) is 0 Å². The molecule has 0 atom stereocenters. The van der Waals surface area contributed by atoms with E-state index in [1.807, 2.05) is 38.1 Å². The zero-order valence-electron chi connectivity index (χ0n) is 23.9. The number of pyridine rings is 1. The number of hydrogen-bond donors (Lipinski definition) is 0. The second-order valence-electron chi connectivity index (χ2n) is 10.9. The third kappa shape index (κ3) is 4.95. The fourth-order valence-electron chi connectivity index (χ4n) is 5.36. The van der Waals surface area contributed by atoms with Gasteiger partial charge in [0.05, 0.1) is 22.5 Å². The molecule has 10 heteroatoms. The van der Waals surface area contributed by atoms with Crippen molar-refractivity contribution in [2.45, 2.75) is 54.3 Å². The Morgan fingerprint density at radius 2 is 1.77 bits per heavy atom. The third-order valence-corrected chi connectivity index (χ3v) is 7.52. The molecular weight excluding hydrogens is 510 g/mol. The Morgan fingerprint density at radius 3 is 2.48 bits per heavy atom. The lowest BCUT2D eigenvalue weighted by atomic mass is 9.90. The van der Waals surface area contributed by atoms with Crippen molar-refractivity contribution in [2.75, 3.05) is 29.9 Å². The van der Waals surface area contributed by atoms with Gasteiger partial charge in [0.1, 0.15) is 23.0 Å². The Hall–Kier alpha value is -4.18. The molecule has 2 amide bonds. The summed E-state index contributed by atoms with van der Waals surface area (Å²) in [7, 11) is 1.72. The van der Waals surface area contributed by atoms with Gasteiger partial charge in [0.25, 0.3) is 5.56 Å². The van der Waals surface area contributed by atoms with Crippen molar-refractivity contribution >= 4 is 34.2 Å². The number of amides is 2.